The zero-order valence-electron chi connectivity index (χ0n) is 10.5. The summed E-state index contributed by atoms with van der Waals surface area (Å²) >= 11 is 6.10. The molecule has 0 spiro atoms. The molecular formula is C15H11ClN2O2. The van der Waals surface area contributed by atoms with Gasteiger partial charge in [-0.3, -0.25) is 4.98 Å². The van der Waals surface area contributed by atoms with Crippen LogP contribution in [0.15, 0.2) is 48.9 Å². The van der Waals surface area contributed by atoms with Gasteiger partial charge >= 0.3 is 5.97 Å². The number of halogens is 1. The van der Waals surface area contributed by atoms with E-state index in [1.54, 1.807) is 24.5 Å². The van der Waals surface area contributed by atoms with Crippen molar-refractivity contribution in [3.05, 3.63) is 65.1 Å². The molecule has 0 aliphatic rings. The van der Waals surface area contributed by atoms with Crippen LogP contribution in [0.1, 0.15) is 15.9 Å². The molecule has 0 aliphatic heterocycles. The van der Waals surface area contributed by atoms with E-state index in [1.165, 1.54) is 0 Å². The molecule has 100 valence electrons. The molecule has 0 saturated heterocycles. The molecule has 0 atom stereocenters. The molecule has 4 nitrogen and oxygen atoms in total. The van der Waals surface area contributed by atoms with Crippen molar-refractivity contribution < 1.29 is 9.90 Å². The third-order valence-corrected chi connectivity index (χ3v) is 3.58. The van der Waals surface area contributed by atoms with Crippen LogP contribution in [-0.2, 0) is 6.54 Å². The quantitative estimate of drug-likeness (QED) is 0.802. The van der Waals surface area contributed by atoms with E-state index in [4.69, 9.17) is 11.6 Å². The predicted molar refractivity (Wildman–Crippen MR) is 77.2 cm³/mol. The summed E-state index contributed by atoms with van der Waals surface area (Å²) in [7, 11) is 0. The fourth-order valence-corrected chi connectivity index (χ4v) is 2.44. The van der Waals surface area contributed by atoms with Crippen LogP contribution in [0.3, 0.4) is 0 Å². The summed E-state index contributed by atoms with van der Waals surface area (Å²) in [5.41, 5.74) is 2.12. The lowest BCUT2D eigenvalue weighted by Crippen LogP contribution is -2.00. The second kappa shape index (κ2) is 4.98. The van der Waals surface area contributed by atoms with E-state index in [1.807, 2.05) is 29.0 Å². The second-order valence-corrected chi connectivity index (χ2v) is 4.86. The Labute approximate surface area is 120 Å². The average molecular weight is 287 g/mol. The van der Waals surface area contributed by atoms with E-state index < -0.39 is 5.97 Å². The summed E-state index contributed by atoms with van der Waals surface area (Å²) in [5, 5.41) is 10.5. The van der Waals surface area contributed by atoms with Gasteiger partial charge in [0.25, 0.3) is 0 Å². The second-order valence-electron chi connectivity index (χ2n) is 4.45. The number of aromatic nitrogens is 2. The number of carboxylic acid groups (broad SMARTS) is 1. The monoisotopic (exact) mass is 286 g/mol. The first-order chi connectivity index (χ1) is 9.66. The van der Waals surface area contributed by atoms with Crippen molar-refractivity contribution in [3.8, 4) is 0 Å². The topological polar surface area (TPSA) is 55.1 Å². The average Bonchev–Trinajstić information content (AvgIpc) is 2.84. The number of hydrogen-bond donors (Lipinski definition) is 1. The Balaban J connectivity index is 2.08. The maximum absolute atomic E-state index is 11.2. The van der Waals surface area contributed by atoms with Gasteiger partial charge in [0.05, 0.1) is 10.6 Å². The number of fused-ring (bicyclic) bond motifs is 1. The first kappa shape index (κ1) is 12.7. The third kappa shape index (κ3) is 2.14. The van der Waals surface area contributed by atoms with Crippen LogP contribution in [0.4, 0.5) is 0 Å². The summed E-state index contributed by atoms with van der Waals surface area (Å²) in [5.74, 6) is -0.921. The summed E-state index contributed by atoms with van der Waals surface area (Å²) < 4.78 is 1.98. The molecule has 5 heteroatoms. The first-order valence-corrected chi connectivity index (χ1v) is 6.44. The van der Waals surface area contributed by atoms with Gasteiger partial charge in [-0.15, -0.1) is 0 Å². The highest BCUT2D eigenvalue weighted by atomic mass is 35.5. The van der Waals surface area contributed by atoms with Gasteiger partial charge in [-0.1, -0.05) is 17.7 Å². The Kier molecular flexibility index (Phi) is 3.16. The summed E-state index contributed by atoms with van der Waals surface area (Å²) in [6, 6.07) is 8.92. The zero-order chi connectivity index (χ0) is 14.1. The Bertz CT molecular complexity index is 795. The Morgan fingerprint density at radius 3 is 2.90 bits per heavy atom. The molecule has 0 radical (unpaired) electrons. The van der Waals surface area contributed by atoms with E-state index >= 15 is 0 Å². The Hall–Kier alpha value is -2.33. The van der Waals surface area contributed by atoms with E-state index in [0.717, 1.165) is 16.5 Å². The lowest BCUT2D eigenvalue weighted by atomic mass is 10.1. The number of benzene rings is 1. The molecule has 0 amide bonds. The fraction of sp³-hybridized carbons (Fsp3) is 0.0667. The minimum Gasteiger partial charge on any atom is -0.478 e. The van der Waals surface area contributed by atoms with Crippen molar-refractivity contribution in [1.29, 1.82) is 0 Å². The number of carboxylic acids is 1. The van der Waals surface area contributed by atoms with Gasteiger partial charge in [0.2, 0.25) is 0 Å². The van der Waals surface area contributed by atoms with Crippen molar-refractivity contribution >= 4 is 28.5 Å². The molecule has 1 N–H and O–H groups in total. The minimum absolute atomic E-state index is 0.307. The van der Waals surface area contributed by atoms with Crippen molar-refractivity contribution in [1.82, 2.24) is 9.55 Å². The van der Waals surface area contributed by atoms with Crippen LogP contribution < -0.4 is 0 Å². The van der Waals surface area contributed by atoms with Gasteiger partial charge in [-0.25, -0.2) is 4.79 Å². The number of carbonyl (C=O) groups is 1. The van der Waals surface area contributed by atoms with Crippen molar-refractivity contribution in [2.45, 2.75) is 6.54 Å². The van der Waals surface area contributed by atoms with E-state index in [2.05, 4.69) is 4.98 Å². The molecule has 20 heavy (non-hydrogen) atoms. The number of aromatic carboxylic acids is 1. The third-order valence-electron chi connectivity index (χ3n) is 3.24. The van der Waals surface area contributed by atoms with Gasteiger partial charge in [-0.2, -0.15) is 0 Å². The molecule has 0 aliphatic carbocycles. The van der Waals surface area contributed by atoms with Crippen LogP contribution in [0, 0.1) is 0 Å². The van der Waals surface area contributed by atoms with E-state index in [9.17, 15) is 9.90 Å². The van der Waals surface area contributed by atoms with Gasteiger partial charge in [0, 0.05) is 36.0 Å². The lowest BCUT2D eigenvalue weighted by molar-refractivity contribution is 0.0699. The number of hydrogen-bond acceptors (Lipinski definition) is 2. The molecule has 3 rings (SSSR count). The molecule has 2 aromatic heterocycles. The maximum atomic E-state index is 11.2. The standard InChI is InChI=1S/C15H11ClN2O2/c16-13-8-17-6-4-10(13)9-18-7-5-11-12(15(19)20)2-1-3-14(11)18/h1-8H,9H2,(H,19,20). The van der Waals surface area contributed by atoms with Gasteiger partial charge in [0.15, 0.2) is 0 Å². The normalized spacial score (nSPS) is 10.8. The molecule has 0 unspecified atom stereocenters. The van der Waals surface area contributed by atoms with Crippen LogP contribution in [0.5, 0.6) is 0 Å². The van der Waals surface area contributed by atoms with Crippen LogP contribution in [0.25, 0.3) is 10.9 Å². The highest BCUT2D eigenvalue weighted by Crippen LogP contribution is 2.23. The van der Waals surface area contributed by atoms with E-state index in [0.29, 0.717) is 17.1 Å². The molecule has 0 bridgehead atoms. The Morgan fingerprint density at radius 2 is 2.15 bits per heavy atom. The van der Waals surface area contributed by atoms with Crippen molar-refractivity contribution in [3.63, 3.8) is 0 Å². The minimum atomic E-state index is -0.921. The number of rotatable bonds is 3. The summed E-state index contributed by atoms with van der Waals surface area (Å²) in [6.07, 6.45) is 5.16. The molecular weight excluding hydrogens is 276 g/mol. The molecule has 2 heterocycles. The molecule has 1 aromatic carbocycles. The lowest BCUT2D eigenvalue weighted by Gasteiger charge is -2.07. The first-order valence-electron chi connectivity index (χ1n) is 6.06. The van der Waals surface area contributed by atoms with Crippen LogP contribution >= 0.6 is 11.6 Å². The van der Waals surface area contributed by atoms with Crippen molar-refractivity contribution in [2.24, 2.45) is 0 Å². The highest BCUT2D eigenvalue weighted by molar-refractivity contribution is 6.31. The highest BCUT2D eigenvalue weighted by Gasteiger charge is 2.11. The summed E-state index contributed by atoms with van der Waals surface area (Å²) in [6.45, 7) is 0.577. The predicted octanol–water partition coefficient (Wildman–Crippen LogP) is 3.44. The van der Waals surface area contributed by atoms with Crippen LogP contribution in [-0.4, -0.2) is 20.6 Å². The van der Waals surface area contributed by atoms with Gasteiger partial charge < -0.3 is 9.67 Å². The van der Waals surface area contributed by atoms with Gasteiger partial charge in [-0.05, 0) is 29.8 Å². The number of pyridine rings is 1. The number of nitrogens with zero attached hydrogens (tertiary/aromatic N) is 2. The van der Waals surface area contributed by atoms with E-state index in [-0.39, 0.29) is 0 Å². The van der Waals surface area contributed by atoms with Crippen molar-refractivity contribution in [2.75, 3.05) is 0 Å². The molecule has 0 fully saturated rings. The largest absolute Gasteiger partial charge is 0.478 e. The fourth-order valence-electron chi connectivity index (χ4n) is 2.26. The summed E-state index contributed by atoms with van der Waals surface area (Å²) in [4.78, 5) is 15.2. The molecule has 0 saturated carbocycles. The van der Waals surface area contributed by atoms with Gasteiger partial charge in [0.1, 0.15) is 0 Å². The molecule has 3 aromatic rings. The SMILES string of the molecule is O=C(O)c1cccc2c1ccn2Cc1ccncc1Cl. The zero-order valence-corrected chi connectivity index (χ0v) is 11.2. The Morgan fingerprint density at radius 1 is 1.30 bits per heavy atom. The van der Waals surface area contributed by atoms with Crippen LogP contribution in [0.2, 0.25) is 5.02 Å². The maximum Gasteiger partial charge on any atom is 0.336 e. The smallest absolute Gasteiger partial charge is 0.336 e.